The molecule has 1 aliphatic heterocycles. The highest BCUT2D eigenvalue weighted by Crippen LogP contribution is 2.17. The van der Waals surface area contributed by atoms with Crippen molar-refractivity contribution in [3.8, 4) is 0 Å². The fourth-order valence-corrected chi connectivity index (χ4v) is 2.68. The van der Waals surface area contributed by atoms with E-state index in [2.05, 4.69) is 11.9 Å². The van der Waals surface area contributed by atoms with Crippen LogP contribution in [-0.4, -0.2) is 42.1 Å². The fraction of sp³-hybridized carbons (Fsp3) is 0.600. The SMILES string of the molecule is CCCc1cc(C(=O)N(C)CC2CCCO2)cc(Cl)n1. The lowest BCUT2D eigenvalue weighted by Gasteiger charge is -2.21. The van der Waals surface area contributed by atoms with E-state index in [-0.39, 0.29) is 12.0 Å². The lowest BCUT2D eigenvalue weighted by molar-refractivity contribution is 0.0587. The highest BCUT2D eigenvalue weighted by molar-refractivity contribution is 6.29. The van der Waals surface area contributed by atoms with Crippen molar-refractivity contribution in [2.45, 2.75) is 38.7 Å². The van der Waals surface area contributed by atoms with Crippen molar-refractivity contribution >= 4 is 17.5 Å². The molecule has 1 amide bonds. The molecule has 2 rings (SSSR count). The van der Waals surface area contributed by atoms with Crippen LogP contribution in [0.2, 0.25) is 5.15 Å². The Morgan fingerprint density at radius 2 is 2.35 bits per heavy atom. The van der Waals surface area contributed by atoms with Crippen LogP contribution in [0.25, 0.3) is 0 Å². The number of pyridine rings is 1. The predicted molar refractivity (Wildman–Crippen MR) is 79.2 cm³/mol. The van der Waals surface area contributed by atoms with Gasteiger partial charge in [0.25, 0.3) is 5.91 Å². The van der Waals surface area contributed by atoms with Crippen molar-refractivity contribution in [2.24, 2.45) is 0 Å². The average Bonchev–Trinajstić information content (AvgIpc) is 2.90. The molecule has 0 saturated carbocycles. The van der Waals surface area contributed by atoms with Gasteiger partial charge in [-0.25, -0.2) is 4.98 Å². The number of nitrogens with zero attached hydrogens (tertiary/aromatic N) is 2. The molecule has 5 heteroatoms. The third-order valence-electron chi connectivity index (χ3n) is 3.45. The van der Waals surface area contributed by atoms with Crippen LogP contribution in [0.5, 0.6) is 0 Å². The molecule has 2 heterocycles. The Balaban J connectivity index is 2.06. The van der Waals surface area contributed by atoms with Crippen LogP contribution in [0, 0.1) is 0 Å². The summed E-state index contributed by atoms with van der Waals surface area (Å²) in [5.41, 5.74) is 1.47. The number of hydrogen-bond donors (Lipinski definition) is 0. The minimum Gasteiger partial charge on any atom is -0.376 e. The summed E-state index contributed by atoms with van der Waals surface area (Å²) in [5, 5.41) is 0.379. The van der Waals surface area contributed by atoms with Crippen LogP contribution in [0.3, 0.4) is 0 Å². The molecule has 0 radical (unpaired) electrons. The van der Waals surface area contributed by atoms with Crippen LogP contribution in [0.1, 0.15) is 42.2 Å². The minimum atomic E-state index is -0.0258. The Morgan fingerprint density at radius 3 is 3.00 bits per heavy atom. The summed E-state index contributed by atoms with van der Waals surface area (Å²) >= 11 is 6.00. The molecule has 0 bridgehead atoms. The second kappa shape index (κ2) is 7.04. The van der Waals surface area contributed by atoms with Gasteiger partial charge in [-0.15, -0.1) is 0 Å². The van der Waals surface area contributed by atoms with Gasteiger partial charge < -0.3 is 9.64 Å². The zero-order valence-corrected chi connectivity index (χ0v) is 12.8. The smallest absolute Gasteiger partial charge is 0.253 e. The molecule has 1 unspecified atom stereocenters. The van der Waals surface area contributed by atoms with Gasteiger partial charge in [0, 0.05) is 31.5 Å². The predicted octanol–water partition coefficient (Wildman–Crippen LogP) is 2.94. The lowest BCUT2D eigenvalue weighted by Crippen LogP contribution is -2.34. The number of amides is 1. The maximum atomic E-state index is 12.4. The highest BCUT2D eigenvalue weighted by Gasteiger charge is 2.21. The Labute approximate surface area is 125 Å². The van der Waals surface area contributed by atoms with Crippen LogP contribution in [-0.2, 0) is 11.2 Å². The number of carbonyl (C=O) groups is 1. The highest BCUT2D eigenvalue weighted by atomic mass is 35.5. The summed E-state index contributed by atoms with van der Waals surface area (Å²) in [6.07, 6.45) is 4.07. The van der Waals surface area contributed by atoms with E-state index in [9.17, 15) is 4.79 Å². The Hall–Kier alpha value is -1.13. The van der Waals surface area contributed by atoms with Gasteiger partial charge in [-0.3, -0.25) is 4.79 Å². The second-order valence-corrected chi connectivity index (χ2v) is 5.63. The van der Waals surface area contributed by atoms with Gasteiger partial charge in [0.1, 0.15) is 5.15 Å². The fourth-order valence-electron chi connectivity index (χ4n) is 2.46. The molecule has 0 aromatic carbocycles. The van der Waals surface area contributed by atoms with Crippen molar-refractivity contribution in [1.29, 1.82) is 0 Å². The third-order valence-corrected chi connectivity index (χ3v) is 3.64. The summed E-state index contributed by atoms with van der Waals surface area (Å²) in [7, 11) is 1.80. The first kappa shape index (κ1) is 15.3. The van der Waals surface area contributed by atoms with Crippen molar-refractivity contribution < 1.29 is 9.53 Å². The van der Waals surface area contributed by atoms with Gasteiger partial charge >= 0.3 is 0 Å². The zero-order valence-electron chi connectivity index (χ0n) is 12.1. The molecule has 0 spiro atoms. The molecule has 1 saturated heterocycles. The third kappa shape index (κ3) is 3.93. The van der Waals surface area contributed by atoms with Crippen molar-refractivity contribution in [3.05, 3.63) is 28.5 Å². The number of carbonyl (C=O) groups excluding carboxylic acids is 1. The molecule has 1 atom stereocenters. The quantitative estimate of drug-likeness (QED) is 0.785. The van der Waals surface area contributed by atoms with Crippen molar-refractivity contribution in [2.75, 3.05) is 20.2 Å². The van der Waals surface area contributed by atoms with Crippen LogP contribution in [0.15, 0.2) is 12.1 Å². The molecule has 1 fully saturated rings. The van der Waals surface area contributed by atoms with Gasteiger partial charge in [-0.1, -0.05) is 24.9 Å². The maximum absolute atomic E-state index is 12.4. The summed E-state index contributed by atoms with van der Waals surface area (Å²) in [4.78, 5) is 18.4. The molecule has 0 aliphatic carbocycles. The van der Waals surface area contributed by atoms with Crippen LogP contribution >= 0.6 is 11.6 Å². The van der Waals surface area contributed by atoms with E-state index < -0.39 is 0 Å². The number of rotatable bonds is 5. The first-order chi connectivity index (χ1) is 9.60. The summed E-state index contributed by atoms with van der Waals surface area (Å²) in [6.45, 7) is 3.50. The van der Waals surface area contributed by atoms with Gasteiger partial charge in [-0.05, 0) is 31.4 Å². The summed E-state index contributed by atoms with van der Waals surface area (Å²) in [5.74, 6) is -0.0258. The number of likely N-dealkylation sites (N-methyl/N-ethyl adjacent to an activating group) is 1. The summed E-state index contributed by atoms with van der Waals surface area (Å²) < 4.78 is 5.56. The molecule has 110 valence electrons. The van der Waals surface area contributed by atoms with E-state index in [4.69, 9.17) is 16.3 Å². The second-order valence-electron chi connectivity index (χ2n) is 5.24. The van der Waals surface area contributed by atoms with E-state index >= 15 is 0 Å². The van der Waals surface area contributed by atoms with Crippen LogP contribution < -0.4 is 0 Å². The molecular weight excluding hydrogens is 276 g/mol. The van der Waals surface area contributed by atoms with E-state index in [1.807, 2.05) is 6.07 Å². The molecule has 1 aromatic heterocycles. The maximum Gasteiger partial charge on any atom is 0.253 e. The number of aryl methyl sites for hydroxylation is 1. The van der Waals surface area contributed by atoms with E-state index in [1.54, 1.807) is 18.0 Å². The Kier molecular flexibility index (Phi) is 5.38. The standard InChI is InChI=1S/C15H21ClN2O2/c1-3-5-12-8-11(9-14(16)17-12)15(19)18(2)10-13-6-4-7-20-13/h8-9,13H,3-7,10H2,1-2H3. The van der Waals surface area contributed by atoms with Gasteiger partial charge in [-0.2, -0.15) is 0 Å². The van der Waals surface area contributed by atoms with Crippen molar-refractivity contribution in [3.63, 3.8) is 0 Å². The Morgan fingerprint density at radius 1 is 1.55 bits per heavy atom. The van der Waals surface area contributed by atoms with Gasteiger partial charge in [0.05, 0.1) is 6.10 Å². The Bertz CT molecular complexity index is 473. The lowest BCUT2D eigenvalue weighted by atomic mass is 10.1. The number of hydrogen-bond acceptors (Lipinski definition) is 3. The molecular formula is C15H21ClN2O2. The van der Waals surface area contributed by atoms with E-state index in [0.29, 0.717) is 17.3 Å². The summed E-state index contributed by atoms with van der Waals surface area (Å²) in [6, 6.07) is 3.47. The van der Waals surface area contributed by atoms with Gasteiger partial charge in [0.2, 0.25) is 0 Å². The number of ether oxygens (including phenoxy) is 1. The topological polar surface area (TPSA) is 42.4 Å². The van der Waals surface area contributed by atoms with E-state index in [0.717, 1.165) is 38.0 Å². The van der Waals surface area contributed by atoms with Gasteiger partial charge in [0.15, 0.2) is 0 Å². The molecule has 1 aliphatic rings. The first-order valence-corrected chi connectivity index (χ1v) is 7.51. The zero-order chi connectivity index (χ0) is 14.5. The molecule has 20 heavy (non-hydrogen) atoms. The first-order valence-electron chi connectivity index (χ1n) is 7.13. The normalized spacial score (nSPS) is 18.2. The number of aromatic nitrogens is 1. The molecule has 0 N–H and O–H groups in total. The van der Waals surface area contributed by atoms with Crippen molar-refractivity contribution in [1.82, 2.24) is 9.88 Å². The molecule has 4 nitrogen and oxygen atoms in total. The largest absolute Gasteiger partial charge is 0.376 e. The number of halogens is 1. The van der Waals surface area contributed by atoms with E-state index in [1.165, 1.54) is 0 Å². The van der Waals surface area contributed by atoms with Crippen LogP contribution in [0.4, 0.5) is 0 Å². The minimum absolute atomic E-state index is 0.0258. The monoisotopic (exact) mass is 296 g/mol. The molecule has 1 aromatic rings. The average molecular weight is 297 g/mol.